The summed E-state index contributed by atoms with van der Waals surface area (Å²) < 4.78 is 0. The Morgan fingerprint density at radius 1 is 1.07 bits per heavy atom. The van der Waals surface area contributed by atoms with E-state index >= 15 is 0 Å². The van der Waals surface area contributed by atoms with Gasteiger partial charge in [0, 0.05) is 17.3 Å². The molecule has 1 amide bonds. The summed E-state index contributed by atoms with van der Waals surface area (Å²) >= 11 is 16.4. The van der Waals surface area contributed by atoms with Crippen molar-refractivity contribution in [3.8, 4) is 0 Å². The quantitative estimate of drug-likeness (QED) is 0.513. The zero-order valence-corrected chi connectivity index (χ0v) is 16.5. The molecule has 2 aromatic carbocycles. The third-order valence-electron chi connectivity index (χ3n) is 4.07. The first-order valence-corrected chi connectivity index (χ1v) is 9.37. The molecule has 2 atom stereocenters. The first-order valence-electron chi connectivity index (χ1n) is 8.18. The lowest BCUT2D eigenvalue weighted by molar-refractivity contribution is -0.131. The molecule has 3 rings (SSSR count). The average molecular weight is 418 g/mol. The molecule has 1 aliphatic rings. The summed E-state index contributed by atoms with van der Waals surface area (Å²) in [7, 11) is 0. The van der Waals surface area contributed by atoms with Gasteiger partial charge in [0.15, 0.2) is 5.78 Å². The lowest BCUT2D eigenvalue weighted by atomic mass is 9.92. The fraction of sp³-hybridized carbons (Fsp3) is 0.158. The molecule has 1 saturated heterocycles. The molecule has 0 aliphatic carbocycles. The summed E-state index contributed by atoms with van der Waals surface area (Å²) in [5.74, 6) is -1.98. The van der Waals surface area contributed by atoms with E-state index in [4.69, 9.17) is 36.0 Å². The van der Waals surface area contributed by atoms with Gasteiger partial charge in [-0.3, -0.25) is 9.59 Å². The van der Waals surface area contributed by atoms with Crippen molar-refractivity contribution in [3.63, 3.8) is 0 Å². The topological polar surface area (TPSA) is 70.2 Å². The van der Waals surface area contributed by atoms with Crippen molar-refractivity contribution >= 4 is 63.4 Å². The molecule has 2 aromatic rings. The number of thiocarbonyl (C=S) groups is 2. The number of hydrogen-bond donors (Lipinski definition) is 3. The van der Waals surface area contributed by atoms with Crippen molar-refractivity contribution < 1.29 is 9.59 Å². The fourth-order valence-corrected chi connectivity index (χ4v) is 3.37. The Labute approximate surface area is 172 Å². The first kappa shape index (κ1) is 19.4. The van der Waals surface area contributed by atoms with Crippen molar-refractivity contribution in [1.82, 2.24) is 10.6 Å². The minimum Gasteiger partial charge on any atom is -0.375 e. The summed E-state index contributed by atoms with van der Waals surface area (Å²) in [6.45, 7) is 0.383. The fourth-order valence-electron chi connectivity index (χ4n) is 2.67. The van der Waals surface area contributed by atoms with E-state index in [-0.39, 0.29) is 15.8 Å². The largest absolute Gasteiger partial charge is 0.375 e. The number of hydrogen-bond acceptors (Lipinski definition) is 5. The van der Waals surface area contributed by atoms with E-state index in [1.807, 2.05) is 42.5 Å². The smallest absolute Gasteiger partial charge is 0.242 e. The van der Waals surface area contributed by atoms with Crippen LogP contribution in [0.25, 0.3) is 0 Å². The highest BCUT2D eigenvalue weighted by atomic mass is 35.5. The van der Waals surface area contributed by atoms with Gasteiger partial charge in [0.25, 0.3) is 0 Å². The summed E-state index contributed by atoms with van der Waals surface area (Å²) in [6, 6.07) is 15.6. The minimum atomic E-state index is -1.10. The number of Topliss-reactive ketones (excluding diaryl/α,β-unsaturated/α-hetero) is 1. The van der Waals surface area contributed by atoms with Gasteiger partial charge in [0.1, 0.15) is 16.9 Å². The maximum Gasteiger partial charge on any atom is 0.242 e. The molecule has 8 heteroatoms. The Kier molecular flexibility index (Phi) is 6.15. The molecule has 0 bridgehead atoms. The van der Waals surface area contributed by atoms with Crippen LogP contribution in [0.2, 0.25) is 5.02 Å². The number of anilines is 1. The second-order valence-corrected chi connectivity index (χ2v) is 7.29. The van der Waals surface area contributed by atoms with Crippen LogP contribution < -0.4 is 16.0 Å². The number of halogens is 1. The Bertz CT molecular complexity index is 888. The third kappa shape index (κ3) is 4.68. The van der Waals surface area contributed by atoms with Crippen molar-refractivity contribution in [2.45, 2.75) is 12.6 Å². The van der Waals surface area contributed by atoms with E-state index in [0.717, 1.165) is 11.3 Å². The predicted octanol–water partition coefficient (Wildman–Crippen LogP) is 2.88. The van der Waals surface area contributed by atoms with Gasteiger partial charge in [0.2, 0.25) is 5.91 Å². The Hall–Kier alpha value is -2.35. The van der Waals surface area contributed by atoms with Crippen LogP contribution in [-0.2, 0) is 16.1 Å². The van der Waals surface area contributed by atoms with E-state index in [0.29, 0.717) is 11.6 Å². The van der Waals surface area contributed by atoms with Crippen LogP contribution >= 0.6 is 36.0 Å². The number of ketones is 1. The number of benzene rings is 2. The Balaban J connectivity index is 1.70. The molecular weight excluding hydrogens is 402 g/mol. The number of para-hydroxylation sites is 1. The summed E-state index contributed by atoms with van der Waals surface area (Å²) in [6.07, 6.45) is 0. The van der Waals surface area contributed by atoms with Gasteiger partial charge in [-0.25, -0.2) is 0 Å². The molecule has 1 heterocycles. The van der Waals surface area contributed by atoms with Gasteiger partial charge in [-0.05, 0) is 29.8 Å². The van der Waals surface area contributed by atoms with E-state index in [2.05, 4.69) is 16.0 Å². The van der Waals surface area contributed by atoms with Crippen molar-refractivity contribution in [2.24, 2.45) is 5.92 Å². The van der Waals surface area contributed by atoms with E-state index in [1.165, 1.54) is 0 Å². The second kappa shape index (κ2) is 8.56. The van der Waals surface area contributed by atoms with Crippen LogP contribution in [0.15, 0.2) is 54.6 Å². The zero-order chi connectivity index (χ0) is 19.4. The van der Waals surface area contributed by atoms with E-state index in [9.17, 15) is 9.59 Å². The summed E-state index contributed by atoms with van der Waals surface area (Å²) in [5.41, 5.74) is 1.66. The van der Waals surface area contributed by atoms with Crippen LogP contribution in [0.1, 0.15) is 5.56 Å². The molecule has 27 heavy (non-hydrogen) atoms. The maximum absolute atomic E-state index is 12.9. The van der Waals surface area contributed by atoms with Crippen molar-refractivity contribution in [1.29, 1.82) is 0 Å². The monoisotopic (exact) mass is 417 g/mol. The average Bonchev–Trinajstić information content (AvgIpc) is 2.65. The predicted molar refractivity (Wildman–Crippen MR) is 114 cm³/mol. The first-order chi connectivity index (χ1) is 13.0. The summed E-state index contributed by atoms with van der Waals surface area (Å²) in [5, 5.41) is 9.25. The molecule has 5 nitrogen and oxygen atoms in total. The lowest BCUT2D eigenvalue weighted by Gasteiger charge is -2.30. The third-order valence-corrected chi connectivity index (χ3v) is 5.04. The number of rotatable bonds is 5. The molecule has 0 saturated carbocycles. The molecule has 2 unspecified atom stereocenters. The minimum absolute atomic E-state index is 0.144. The zero-order valence-electron chi connectivity index (χ0n) is 14.1. The highest BCUT2D eigenvalue weighted by molar-refractivity contribution is 7.81. The highest BCUT2D eigenvalue weighted by Crippen LogP contribution is 2.17. The molecule has 0 aromatic heterocycles. The number of carbonyl (C=O) groups excluding carboxylic acids is 2. The van der Waals surface area contributed by atoms with Gasteiger partial charge in [-0.2, -0.15) is 0 Å². The van der Waals surface area contributed by atoms with E-state index in [1.54, 1.807) is 12.1 Å². The number of nitrogens with one attached hydrogen (secondary N) is 3. The number of carbonyl (C=O) groups is 2. The van der Waals surface area contributed by atoms with Crippen LogP contribution in [-0.4, -0.2) is 27.7 Å². The van der Waals surface area contributed by atoms with Gasteiger partial charge in [-0.15, -0.1) is 0 Å². The van der Waals surface area contributed by atoms with Crippen molar-refractivity contribution in [3.05, 3.63) is 65.2 Å². The summed E-state index contributed by atoms with van der Waals surface area (Å²) in [4.78, 5) is 25.5. The van der Waals surface area contributed by atoms with E-state index < -0.39 is 17.9 Å². The normalized spacial score (nSPS) is 19.4. The van der Waals surface area contributed by atoms with Crippen LogP contribution in [0.3, 0.4) is 0 Å². The molecule has 138 valence electrons. The van der Waals surface area contributed by atoms with Crippen LogP contribution in [0, 0.1) is 5.92 Å². The van der Waals surface area contributed by atoms with Gasteiger partial charge in [0.05, 0.1) is 4.99 Å². The van der Waals surface area contributed by atoms with Crippen molar-refractivity contribution in [2.75, 3.05) is 5.32 Å². The standard InChI is InChI=1S/C19H16ClN3O2S2/c20-12-8-6-11(7-9-12)10-21-18(26)14-16(24)15(19(27)23-17(14)25)22-13-4-2-1-3-5-13/h1-9,14-15,22H,10H2,(H,21,26)(H,23,25,27). The maximum atomic E-state index is 12.9. The molecule has 0 radical (unpaired) electrons. The van der Waals surface area contributed by atoms with Gasteiger partial charge < -0.3 is 16.0 Å². The van der Waals surface area contributed by atoms with Crippen LogP contribution in [0.5, 0.6) is 0 Å². The van der Waals surface area contributed by atoms with Gasteiger partial charge in [-0.1, -0.05) is 66.4 Å². The number of amides is 1. The van der Waals surface area contributed by atoms with Gasteiger partial charge >= 0.3 is 0 Å². The Morgan fingerprint density at radius 3 is 2.41 bits per heavy atom. The Morgan fingerprint density at radius 2 is 1.74 bits per heavy atom. The molecule has 1 fully saturated rings. The SMILES string of the molecule is O=C1NC(=S)C(Nc2ccccc2)C(=O)C1C(=S)NCc1ccc(Cl)cc1. The molecule has 1 aliphatic heterocycles. The second-order valence-electron chi connectivity index (χ2n) is 5.98. The lowest BCUT2D eigenvalue weighted by Crippen LogP contribution is -2.60. The molecule has 3 N–H and O–H groups in total. The molecular formula is C19H16ClN3O2S2. The highest BCUT2D eigenvalue weighted by Gasteiger charge is 2.42. The van der Waals surface area contributed by atoms with Crippen LogP contribution in [0.4, 0.5) is 5.69 Å². The molecule has 0 spiro atoms. The number of piperidine rings is 1.